The zero-order valence-electron chi connectivity index (χ0n) is 25.3. The first-order valence-electron chi connectivity index (χ1n) is 12.5. The van der Waals surface area contributed by atoms with Gasteiger partial charge >= 0.3 is 24.1 Å². The van der Waals surface area contributed by atoms with Crippen molar-refractivity contribution < 1.29 is 57.7 Å². The van der Waals surface area contributed by atoms with Crippen LogP contribution >= 0.6 is 0 Å². The summed E-state index contributed by atoms with van der Waals surface area (Å²) in [5.74, 6) is -0.602. The molecule has 39 heavy (non-hydrogen) atoms. The Bertz CT molecular complexity index is 613. The van der Waals surface area contributed by atoms with Crippen LogP contribution in [0, 0.1) is 0 Å². The van der Waals surface area contributed by atoms with Crippen LogP contribution < -0.4 is 0 Å². The zero-order chi connectivity index (χ0) is 30.9. The molecule has 0 aromatic carbocycles. The van der Waals surface area contributed by atoms with Crippen LogP contribution in [-0.2, 0) is 57.7 Å². The summed E-state index contributed by atoms with van der Waals surface area (Å²) in [7, 11) is 4.13. The van der Waals surface area contributed by atoms with E-state index in [2.05, 4.69) is 60.3 Å². The molecular weight excluding hydrogens is 589 g/mol. The third kappa shape index (κ3) is 95.2. The standard InChI is InChI=1S/2C7H12O2.C6H12.C5H8O2.C4H8.CO2.Ru/c2*1-3-4-5-6-7(8)9-2;1-3-5-6-4-2;1-3-4-5(6)7-2;1-3-4-2;2-1-3;/h2*4-5H,3,6H2,1-2H3;5-6H,3-4H2,1-2H3;3H,1,4H2,2H3;3H,1,4H2,2H3;;/b2*5-4-;6-5-;;;;. The third-order valence-electron chi connectivity index (χ3n) is 3.29. The van der Waals surface area contributed by atoms with Gasteiger partial charge in [-0.25, -0.2) is 0 Å². The Labute approximate surface area is 250 Å². The number of rotatable bonds is 11. The van der Waals surface area contributed by atoms with E-state index in [0.29, 0.717) is 19.3 Å². The van der Waals surface area contributed by atoms with Crippen molar-refractivity contribution in [2.24, 2.45) is 0 Å². The minimum absolute atomic E-state index is 0. The maximum atomic E-state index is 10.4. The molecule has 9 heteroatoms. The molecule has 0 N–H and O–H groups in total. The Morgan fingerprint density at radius 2 is 0.769 bits per heavy atom. The van der Waals surface area contributed by atoms with Gasteiger partial charge in [0.05, 0.1) is 40.6 Å². The monoisotopic (exact) mass is 642 g/mol. The Morgan fingerprint density at radius 1 is 0.538 bits per heavy atom. The van der Waals surface area contributed by atoms with Crippen molar-refractivity contribution in [3.63, 3.8) is 0 Å². The molecule has 0 aromatic rings. The number of esters is 3. The molecule has 0 unspecified atom stereocenters. The second-order valence-electron chi connectivity index (χ2n) is 6.46. The fraction of sp³-hybridized carbons (Fsp3) is 0.533. The summed E-state index contributed by atoms with van der Waals surface area (Å²) >= 11 is 0. The van der Waals surface area contributed by atoms with Crippen LogP contribution in [-0.4, -0.2) is 45.4 Å². The fourth-order valence-corrected chi connectivity index (χ4v) is 1.39. The first-order chi connectivity index (χ1) is 18.2. The SMILES string of the molecule is C=CCC.C=CCC(=O)OC.CC/C=C\CC.CC/C=C\CC(=O)OC.CC/C=C\CC(=O)OC.O=C=O.[Ru]. The Balaban J connectivity index is -0.0000000649. The molecule has 8 nitrogen and oxygen atoms in total. The van der Waals surface area contributed by atoms with E-state index in [0.717, 1.165) is 19.3 Å². The van der Waals surface area contributed by atoms with Gasteiger partial charge < -0.3 is 14.2 Å². The van der Waals surface area contributed by atoms with Crippen LogP contribution in [0.15, 0.2) is 61.8 Å². The van der Waals surface area contributed by atoms with Gasteiger partial charge in [0, 0.05) is 19.5 Å². The van der Waals surface area contributed by atoms with E-state index in [1.54, 1.807) is 0 Å². The van der Waals surface area contributed by atoms with E-state index >= 15 is 0 Å². The van der Waals surface area contributed by atoms with Crippen LogP contribution in [0.4, 0.5) is 0 Å². The van der Waals surface area contributed by atoms with Crippen molar-refractivity contribution in [3.05, 3.63) is 61.8 Å². The molecule has 0 aromatic heterocycles. The molecule has 0 aliphatic carbocycles. The molecule has 0 amide bonds. The predicted octanol–water partition coefficient (Wildman–Crippen LogP) is 7.13. The second-order valence-corrected chi connectivity index (χ2v) is 6.46. The summed E-state index contributed by atoms with van der Waals surface area (Å²) < 4.78 is 13.1. The zero-order valence-corrected chi connectivity index (χ0v) is 27.0. The Hall–Kier alpha value is -2.89. The minimum Gasteiger partial charge on any atom is -0.469 e. The van der Waals surface area contributed by atoms with E-state index in [4.69, 9.17) is 9.59 Å². The molecule has 0 fully saturated rings. The van der Waals surface area contributed by atoms with Gasteiger partial charge in [0.25, 0.3) is 0 Å². The molecule has 0 spiro atoms. The average molecular weight is 642 g/mol. The number of methoxy groups -OCH3 is 3. The first kappa shape index (κ1) is 52.5. The molecule has 228 valence electrons. The molecule has 0 saturated heterocycles. The number of carbonyl (C=O) groups excluding carboxylic acids is 5. The van der Waals surface area contributed by atoms with Crippen LogP contribution in [0.1, 0.15) is 86.0 Å². The van der Waals surface area contributed by atoms with Crippen molar-refractivity contribution >= 4 is 24.1 Å². The average Bonchev–Trinajstić information content (AvgIpc) is 2.93. The topological polar surface area (TPSA) is 113 Å². The van der Waals surface area contributed by atoms with Gasteiger partial charge in [-0.15, -0.1) is 13.2 Å². The van der Waals surface area contributed by atoms with Gasteiger partial charge in [0.15, 0.2) is 0 Å². The van der Waals surface area contributed by atoms with E-state index in [-0.39, 0.29) is 43.5 Å². The Morgan fingerprint density at radius 3 is 0.923 bits per heavy atom. The van der Waals surface area contributed by atoms with Crippen LogP contribution in [0.2, 0.25) is 0 Å². The number of hydrogen-bond acceptors (Lipinski definition) is 8. The predicted molar refractivity (Wildman–Crippen MR) is 154 cm³/mol. The van der Waals surface area contributed by atoms with Gasteiger partial charge in [0.2, 0.25) is 0 Å². The number of carbonyl (C=O) groups is 3. The summed E-state index contributed by atoms with van der Waals surface area (Å²) in [4.78, 5) is 47.2. The number of allylic oxidation sites excluding steroid dienone is 5. The molecule has 0 heterocycles. The van der Waals surface area contributed by atoms with Crippen LogP contribution in [0.3, 0.4) is 0 Å². The molecule has 0 bridgehead atoms. The smallest absolute Gasteiger partial charge is 0.373 e. The molecule has 0 saturated carbocycles. The van der Waals surface area contributed by atoms with E-state index in [1.807, 2.05) is 44.2 Å². The van der Waals surface area contributed by atoms with Gasteiger partial charge in [-0.3, -0.25) is 14.4 Å². The summed E-state index contributed by atoms with van der Waals surface area (Å²) in [6, 6.07) is 0. The van der Waals surface area contributed by atoms with E-state index in [1.165, 1.54) is 40.2 Å². The molecule has 0 aliphatic rings. The van der Waals surface area contributed by atoms with Gasteiger partial charge in [0.1, 0.15) is 0 Å². The normalized spacial score (nSPS) is 8.41. The van der Waals surface area contributed by atoms with Gasteiger partial charge in [-0.05, 0) is 32.1 Å². The fourth-order valence-electron chi connectivity index (χ4n) is 1.39. The maximum Gasteiger partial charge on any atom is 0.373 e. The minimum atomic E-state index is -0.241. The maximum absolute atomic E-state index is 10.4. The van der Waals surface area contributed by atoms with Crippen molar-refractivity contribution in [2.75, 3.05) is 21.3 Å². The van der Waals surface area contributed by atoms with E-state index < -0.39 is 0 Å². The quantitative estimate of drug-likeness (QED) is 0.101. The van der Waals surface area contributed by atoms with Gasteiger partial charge in [-0.1, -0.05) is 83.2 Å². The summed E-state index contributed by atoms with van der Waals surface area (Å²) in [5.41, 5.74) is 0. The van der Waals surface area contributed by atoms with Crippen molar-refractivity contribution in [1.29, 1.82) is 0 Å². The second kappa shape index (κ2) is 59.9. The summed E-state index contributed by atoms with van der Waals surface area (Å²) in [6.45, 7) is 17.2. The van der Waals surface area contributed by atoms with Crippen molar-refractivity contribution in [3.8, 4) is 0 Å². The molecule has 0 radical (unpaired) electrons. The molecule has 0 rings (SSSR count). The van der Waals surface area contributed by atoms with E-state index in [9.17, 15) is 14.4 Å². The van der Waals surface area contributed by atoms with Crippen LogP contribution in [0.5, 0.6) is 0 Å². The van der Waals surface area contributed by atoms with Crippen molar-refractivity contribution in [2.45, 2.75) is 86.0 Å². The molecule has 0 aliphatic heterocycles. The third-order valence-corrected chi connectivity index (χ3v) is 3.29. The largest absolute Gasteiger partial charge is 0.469 e. The molecule has 0 atom stereocenters. The summed E-state index contributed by atoms with van der Waals surface area (Å²) in [5, 5.41) is 0. The Kier molecular flexibility index (Phi) is 80.7. The van der Waals surface area contributed by atoms with Gasteiger partial charge in [-0.2, -0.15) is 9.59 Å². The number of hydrogen-bond donors (Lipinski definition) is 0. The summed E-state index contributed by atoms with van der Waals surface area (Å²) in [6.07, 6.45) is 22.0. The van der Waals surface area contributed by atoms with Crippen LogP contribution in [0.25, 0.3) is 0 Å². The first-order valence-corrected chi connectivity index (χ1v) is 12.5. The molecular formula is C30H52O8Ru. The number of ether oxygens (including phenoxy) is 3. The van der Waals surface area contributed by atoms with Crippen molar-refractivity contribution in [1.82, 2.24) is 0 Å².